The average Bonchev–Trinajstić information content (AvgIpc) is 3.15. The Hall–Kier alpha value is -1.92. The smallest absolute Gasteiger partial charge is 0.305 e. The van der Waals surface area contributed by atoms with E-state index in [1.54, 1.807) is 12.1 Å². The Morgan fingerprint density at radius 2 is 2.27 bits per heavy atom. The van der Waals surface area contributed by atoms with Gasteiger partial charge in [-0.05, 0) is 32.1 Å². The lowest BCUT2D eigenvalue weighted by Crippen LogP contribution is -2.11. The molecule has 6 nitrogen and oxygen atoms in total. The number of carbonyl (C=O) groups excluding carboxylic acids is 1. The summed E-state index contributed by atoms with van der Waals surface area (Å²) in [4.78, 5) is 27.9. The maximum atomic E-state index is 12.5. The first-order valence-corrected chi connectivity index (χ1v) is 7.36. The number of Topliss-reactive ketones (excluding diaryl/α,β-unsaturated/α-hetero) is 1. The Labute approximate surface area is 132 Å². The number of aromatic amines is 1. The largest absolute Gasteiger partial charge is 0.438 e. The van der Waals surface area contributed by atoms with Gasteiger partial charge < -0.3 is 4.90 Å². The second kappa shape index (κ2) is 5.70. The third-order valence-corrected chi connectivity index (χ3v) is 4.11. The van der Waals surface area contributed by atoms with Gasteiger partial charge in [0.2, 0.25) is 0 Å². The van der Waals surface area contributed by atoms with E-state index in [0.29, 0.717) is 22.8 Å². The van der Waals surface area contributed by atoms with Gasteiger partial charge in [0.25, 0.3) is 0 Å². The maximum absolute atomic E-state index is 12.5. The van der Waals surface area contributed by atoms with E-state index in [-0.39, 0.29) is 17.6 Å². The minimum absolute atomic E-state index is 0.0205. The van der Waals surface area contributed by atoms with Crippen LogP contribution in [0.1, 0.15) is 34.1 Å². The lowest BCUT2D eigenvalue weighted by molar-refractivity contribution is 0.0964. The van der Waals surface area contributed by atoms with Crippen LogP contribution in [0.2, 0.25) is 5.02 Å². The molecule has 2 atom stereocenters. The number of nitrogens with one attached hydrogen (secondary N) is 1. The van der Waals surface area contributed by atoms with Crippen LogP contribution in [0.15, 0.2) is 27.5 Å². The monoisotopic (exact) mass is 321 g/mol. The van der Waals surface area contributed by atoms with E-state index in [4.69, 9.17) is 11.6 Å². The normalized spacial score (nSPS) is 20.4. The molecule has 0 bridgehead atoms. The molecule has 1 aliphatic carbocycles. The summed E-state index contributed by atoms with van der Waals surface area (Å²) in [6.07, 6.45) is 0.665. The molecule has 1 aromatic heterocycles. The molecule has 1 N–H and O–H groups in total. The zero-order valence-electron chi connectivity index (χ0n) is 12.3. The van der Waals surface area contributed by atoms with Gasteiger partial charge in [0.15, 0.2) is 11.6 Å². The molecule has 3 rings (SSSR count). The number of hydrogen-bond donors (Lipinski definition) is 1. The van der Waals surface area contributed by atoms with Gasteiger partial charge >= 0.3 is 5.76 Å². The molecular weight excluding hydrogens is 306 g/mol. The Bertz CT molecular complexity index is 765. The van der Waals surface area contributed by atoms with Crippen molar-refractivity contribution in [2.75, 3.05) is 14.1 Å². The number of rotatable bonds is 5. The molecule has 2 aromatic rings. The van der Waals surface area contributed by atoms with Crippen molar-refractivity contribution in [3.63, 3.8) is 0 Å². The average molecular weight is 322 g/mol. The molecule has 7 heteroatoms. The third-order valence-electron chi connectivity index (χ3n) is 3.76. The van der Waals surface area contributed by atoms with Crippen LogP contribution in [0, 0.1) is 5.92 Å². The van der Waals surface area contributed by atoms with Crippen molar-refractivity contribution >= 4 is 17.4 Å². The van der Waals surface area contributed by atoms with Gasteiger partial charge in [-0.15, -0.1) is 0 Å². The second-order valence-electron chi connectivity index (χ2n) is 5.84. The molecule has 0 saturated heterocycles. The van der Waals surface area contributed by atoms with E-state index in [1.165, 1.54) is 0 Å². The van der Waals surface area contributed by atoms with E-state index in [9.17, 15) is 9.59 Å². The summed E-state index contributed by atoms with van der Waals surface area (Å²) in [7, 11) is 3.92. The Morgan fingerprint density at radius 3 is 2.86 bits per heavy atom. The van der Waals surface area contributed by atoms with E-state index < -0.39 is 5.76 Å². The van der Waals surface area contributed by atoms with Crippen LogP contribution >= 0.6 is 11.6 Å². The summed E-state index contributed by atoms with van der Waals surface area (Å²) >= 11 is 6.25. The van der Waals surface area contributed by atoms with Crippen LogP contribution in [0.4, 0.5) is 0 Å². The number of carbonyl (C=O) groups is 1. The topological polar surface area (TPSA) is 79.2 Å². The number of ketones is 1. The minimum Gasteiger partial charge on any atom is -0.305 e. The fraction of sp³-hybridized carbons (Fsp3) is 0.400. The first kappa shape index (κ1) is 15.0. The number of aromatic nitrogens is 2. The Morgan fingerprint density at radius 1 is 1.50 bits per heavy atom. The number of halogens is 1. The quantitative estimate of drug-likeness (QED) is 0.853. The van der Waals surface area contributed by atoms with Crippen LogP contribution in [0.3, 0.4) is 0 Å². The first-order valence-electron chi connectivity index (χ1n) is 6.99. The molecule has 1 aromatic carbocycles. The fourth-order valence-electron chi connectivity index (χ4n) is 2.57. The minimum atomic E-state index is -0.593. The van der Waals surface area contributed by atoms with E-state index >= 15 is 0 Å². The summed E-state index contributed by atoms with van der Waals surface area (Å²) in [5, 5.41) is 4.23. The summed E-state index contributed by atoms with van der Waals surface area (Å²) in [6, 6.07) is 5.39. The van der Waals surface area contributed by atoms with Crippen molar-refractivity contribution in [3.8, 4) is 0 Å². The second-order valence-corrected chi connectivity index (χ2v) is 6.24. The highest BCUT2D eigenvalue weighted by Gasteiger charge is 2.46. The summed E-state index contributed by atoms with van der Waals surface area (Å²) in [5.41, 5.74) is 1.57. The molecule has 1 heterocycles. The van der Waals surface area contributed by atoms with Crippen molar-refractivity contribution in [2.24, 2.45) is 5.92 Å². The molecule has 0 spiro atoms. The fourth-order valence-corrected chi connectivity index (χ4v) is 2.81. The molecular formula is C15H16ClN3O3. The highest BCUT2D eigenvalue weighted by molar-refractivity contribution is 6.31. The van der Waals surface area contributed by atoms with Crippen molar-refractivity contribution in [1.82, 2.24) is 15.0 Å². The van der Waals surface area contributed by atoms with Gasteiger partial charge in [-0.2, -0.15) is 0 Å². The number of benzene rings is 1. The molecule has 116 valence electrons. The van der Waals surface area contributed by atoms with E-state index in [1.807, 2.05) is 25.1 Å². The Kier molecular flexibility index (Phi) is 3.88. The van der Waals surface area contributed by atoms with Crippen LogP contribution in [0.5, 0.6) is 0 Å². The standard InChI is InChI=1S/C15H16ClN3O3/c1-19(2)7-9-4-3-8(5-12(9)16)13(20)10-6-11(10)14-17-15(21)22-18-14/h3-5,10-11H,6-7H2,1-2H3,(H,17,18,21). The highest BCUT2D eigenvalue weighted by atomic mass is 35.5. The predicted molar refractivity (Wildman–Crippen MR) is 81.1 cm³/mol. The van der Waals surface area contributed by atoms with Crippen molar-refractivity contribution in [2.45, 2.75) is 18.9 Å². The molecule has 22 heavy (non-hydrogen) atoms. The van der Waals surface area contributed by atoms with Crippen LogP contribution < -0.4 is 5.76 Å². The lowest BCUT2D eigenvalue weighted by atomic mass is 10.0. The molecule has 0 radical (unpaired) electrons. The van der Waals surface area contributed by atoms with Crippen molar-refractivity contribution in [1.29, 1.82) is 0 Å². The molecule has 1 aliphatic rings. The van der Waals surface area contributed by atoms with Gasteiger partial charge in [-0.3, -0.25) is 14.3 Å². The van der Waals surface area contributed by atoms with E-state index in [2.05, 4.69) is 14.7 Å². The molecule has 1 saturated carbocycles. The van der Waals surface area contributed by atoms with Crippen LogP contribution in [-0.4, -0.2) is 34.9 Å². The van der Waals surface area contributed by atoms with Crippen LogP contribution in [0.25, 0.3) is 0 Å². The van der Waals surface area contributed by atoms with Crippen LogP contribution in [-0.2, 0) is 6.54 Å². The molecule has 1 fully saturated rings. The zero-order valence-corrected chi connectivity index (χ0v) is 13.1. The van der Waals surface area contributed by atoms with E-state index in [0.717, 1.165) is 12.1 Å². The van der Waals surface area contributed by atoms with Crippen molar-refractivity contribution in [3.05, 3.63) is 50.7 Å². The van der Waals surface area contributed by atoms with Gasteiger partial charge in [-0.1, -0.05) is 28.9 Å². The van der Waals surface area contributed by atoms with Gasteiger partial charge in [-0.25, -0.2) is 4.79 Å². The predicted octanol–water partition coefficient (Wildman–Crippen LogP) is 2.06. The lowest BCUT2D eigenvalue weighted by Gasteiger charge is -2.12. The first-order chi connectivity index (χ1) is 10.5. The van der Waals surface area contributed by atoms with Gasteiger partial charge in [0, 0.05) is 29.0 Å². The number of H-pyrrole nitrogens is 1. The van der Waals surface area contributed by atoms with Gasteiger partial charge in [0.1, 0.15) is 0 Å². The summed E-state index contributed by atoms with van der Waals surface area (Å²) in [5.74, 6) is -0.370. The summed E-state index contributed by atoms with van der Waals surface area (Å²) in [6.45, 7) is 0.722. The third kappa shape index (κ3) is 2.98. The van der Waals surface area contributed by atoms with Crippen molar-refractivity contribution < 1.29 is 9.32 Å². The molecule has 2 unspecified atom stereocenters. The molecule has 0 amide bonds. The summed E-state index contributed by atoms with van der Waals surface area (Å²) < 4.78 is 4.47. The SMILES string of the molecule is CN(C)Cc1ccc(C(=O)C2CC2c2noc(=O)[nH]2)cc1Cl. The number of nitrogens with zero attached hydrogens (tertiary/aromatic N) is 2. The highest BCUT2D eigenvalue weighted by Crippen LogP contribution is 2.47. The zero-order chi connectivity index (χ0) is 15.9. The van der Waals surface area contributed by atoms with Gasteiger partial charge in [0.05, 0.1) is 0 Å². The number of hydrogen-bond acceptors (Lipinski definition) is 5. The Balaban J connectivity index is 1.74. The maximum Gasteiger partial charge on any atom is 0.438 e. The molecule has 0 aliphatic heterocycles.